The Labute approximate surface area is 111 Å². The summed E-state index contributed by atoms with van der Waals surface area (Å²) in [5.74, 6) is -0.521. The second-order valence-corrected chi connectivity index (χ2v) is 5.12. The molecule has 1 aliphatic rings. The lowest BCUT2D eigenvalue weighted by Crippen LogP contribution is -2.27. The van der Waals surface area contributed by atoms with Crippen molar-refractivity contribution < 1.29 is 14.7 Å². The highest BCUT2D eigenvalue weighted by molar-refractivity contribution is 5.86. The van der Waals surface area contributed by atoms with Gasteiger partial charge < -0.3 is 14.9 Å². The fourth-order valence-corrected chi connectivity index (χ4v) is 2.49. The number of likely N-dealkylation sites (tertiary alicyclic amines) is 1. The van der Waals surface area contributed by atoms with Crippen molar-refractivity contribution in [2.24, 2.45) is 5.92 Å². The maximum atomic E-state index is 11.4. The summed E-state index contributed by atoms with van der Waals surface area (Å²) in [6.07, 6.45) is 2.10. The van der Waals surface area contributed by atoms with Crippen molar-refractivity contribution in [2.75, 3.05) is 27.2 Å². The molecule has 1 atom stereocenters. The third kappa shape index (κ3) is 3.11. The van der Waals surface area contributed by atoms with Gasteiger partial charge in [-0.2, -0.15) is 5.10 Å². The summed E-state index contributed by atoms with van der Waals surface area (Å²) >= 11 is 0. The monoisotopic (exact) mass is 266 g/mol. The summed E-state index contributed by atoms with van der Waals surface area (Å²) in [7, 11) is 3.72. The number of hydrogen-bond acceptors (Lipinski definition) is 4. The molecule has 0 bridgehead atoms. The molecule has 1 aromatic rings. The Kier molecular flexibility index (Phi) is 3.84. The van der Waals surface area contributed by atoms with E-state index < -0.39 is 5.97 Å². The molecule has 0 aromatic carbocycles. The van der Waals surface area contributed by atoms with Crippen LogP contribution in [0.4, 0.5) is 0 Å². The van der Waals surface area contributed by atoms with Crippen LogP contribution in [0.5, 0.6) is 0 Å². The van der Waals surface area contributed by atoms with Crippen LogP contribution in [0, 0.1) is 5.92 Å². The number of nitrogens with one attached hydrogen (secondary N) is 1. The molecule has 2 rings (SSSR count). The van der Waals surface area contributed by atoms with Crippen LogP contribution in [0.15, 0.2) is 6.20 Å². The largest absolute Gasteiger partial charge is 0.477 e. The number of hydrogen-bond donors (Lipinski definition) is 2. The van der Waals surface area contributed by atoms with E-state index in [0.717, 1.165) is 13.1 Å². The Morgan fingerprint density at radius 1 is 1.68 bits per heavy atom. The average molecular weight is 266 g/mol. The average Bonchev–Trinajstić information content (AvgIpc) is 2.87. The Balaban J connectivity index is 1.91. The summed E-state index contributed by atoms with van der Waals surface area (Å²) in [6, 6.07) is 0. The summed E-state index contributed by atoms with van der Waals surface area (Å²) in [5.41, 5.74) is 0.791. The highest BCUT2D eigenvalue weighted by Crippen LogP contribution is 2.18. The smallest absolute Gasteiger partial charge is 0.354 e. The molecule has 7 nitrogen and oxygen atoms in total. The first-order chi connectivity index (χ1) is 8.97. The first kappa shape index (κ1) is 13.5. The highest BCUT2D eigenvalue weighted by Gasteiger charge is 2.27. The zero-order chi connectivity index (χ0) is 14.0. The van der Waals surface area contributed by atoms with Crippen LogP contribution in [0.1, 0.15) is 22.5 Å². The van der Waals surface area contributed by atoms with Crippen LogP contribution in [0.2, 0.25) is 0 Å². The Bertz CT molecular complexity index is 485. The van der Waals surface area contributed by atoms with Gasteiger partial charge in [0.2, 0.25) is 5.91 Å². The molecule has 7 heteroatoms. The van der Waals surface area contributed by atoms with E-state index in [0.29, 0.717) is 24.4 Å². The molecule has 1 aromatic heterocycles. The predicted molar refractivity (Wildman–Crippen MR) is 67.6 cm³/mol. The van der Waals surface area contributed by atoms with E-state index in [1.807, 2.05) is 11.9 Å². The van der Waals surface area contributed by atoms with E-state index >= 15 is 0 Å². The second-order valence-electron chi connectivity index (χ2n) is 5.12. The summed E-state index contributed by atoms with van der Waals surface area (Å²) in [6.45, 7) is 2.03. The van der Waals surface area contributed by atoms with Gasteiger partial charge in [-0.05, 0) is 13.0 Å². The third-order valence-electron chi connectivity index (χ3n) is 3.36. The van der Waals surface area contributed by atoms with E-state index in [1.54, 1.807) is 11.9 Å². The summed E-state index contributed by atoms with van der Waals surface area (Å²) in [5, 5.41) is 15.2. The van der Waals surface area contributed by atoms with Crippen LogP contribution in [-0.2, 0) is 11.3 Å². The van der Waals surface area contributed by atoms with E-state index in [9.17, 15) is 9.59 Å². The molecule has 104 valence electrons. The van der Waals surface area contributed by atoms with E-state index in [4.69, 9.17) is 5.11 Å². The number of carboxylic acid groups (broad SMARTS) is 1. The van der Waals surface area contributed by atoms with Crippen molar-refractivity contribution in [3.63, 3.8) is 0 Å². The normalized spacial score (nSPS) is 19.4. The number of H-pyrrole nitrogens is 1. The number of aromatic nitrogens is 2. The van der Waals surface area contributed by atoms with E-state index in [1.165, 1.54) is 6.20 Å². The molecule has 1 amide bonds. The lowest BCUT2D eigenvalue weighted by atomic mass is 10.1. The maximum absolute atomic E-state index is 11.4. The lowest BCUT2D eigenvalue weighted by molar-refractivity contribution is -0.126. The number of carbonyl (C=O) groups excluding carboxylic acids is 1. The van der Waals surface area contributed by atoms with Gasteiger partial charge in [-0.1, -0.05) is 0 Å². The topological polar surface area (TPSA) is 89.5 Å². The highest BCUT2D eigenvalue weighted by atomic mass is 16.4. The first-order valence-electron chi connectivity index (χ1n) is 6.15. The lowest BCUT2D eigenvalue weighted by Gasteiger charge is -2.20. The number of rotatable bonds is 5. The zero-order valence-electron chi connectivity index (χ0n) is 11.1. The molecule has 1 unspecified atom stereocenters. The van der Waals surface area contributed by atoms with E-state index in [-0.39, 0.29) is 11.6 Å². The molecule has 1 aliphatic heterocycles. The van der Waals surface area contributed by atoms with Crippen LogP contribution >= 0.6 is 0 Å². The third-order valence-corrected chi connectivity index (χ3v) is 3.36. The van der Waals surface area contributed by atoms with Gasteiger partial charge in [-0.3, -0.25) is 9.89 Å². The summed E-state index contributed by atoms with van der Waals surface area (Å²) < 4.78 is 0. The number of carbonyl (C=O) groups is 2. The van der Waals surface area contributed by atoms with E-state index in [2.05, 4.69) is 10.2 Å². The molecular formula is C12H18N4O3. The van der Waals surface area contributed by atoms with Crippen molar-refractivity contribution in [3.05, 3.63) is 17.5 Å². The SMILES string of the molecule is CN(Cc1cn[nH]c1C(=O)O)CC1CC(=O)N(C)C1. The minimum absolute atomic E-state index is 0.131. The standard InChI is InChI=1S/C12H18N4O3/c1-15(5-8-3-10(17)16(2)6-8)7-9-4-13-14-11(9)12(18)19/h4,8H,3,5-7H2,1-2H3,(H,13,14)(H,18,19). The molecule has 0 aliphatic carbocycles. The number of amides is 1. The van der Waals surface area contributed by atoms with Crippen molar-refractivity contribution in [1.82, 2.24) is 20.0 Å². The number of nitrogens with zero attached hydrogens (tertiary/aromatic N) is 3. The minimum Gasteiger partial charge on any atom is -0.477 e. The molecule has 2 heterocycles. The van der Waals surface area contributed by atoms with Crippen molar-refractivity contribution in [2.45, 2.75) is 13.0 Å². The van der Waals surface area contributed by atoms with Crippen molar-refractivity contribution >= 4 is 11.9 Å². The Morgan fingerprint density at radius 2 is 2.42 bits per heavy atom. The molecule has 1 fully saturated rings. The van der Waals surface area contributed by atoms with Gasteiger partial charge in [0, 0.05) is 38.7 Å². The number of carboxylic acids is 1. The van der Waals surface area contributed by atoms with Gasteiger partial charge in [-0.25, -0.2) is 4.79 Å². The van der Waals surface area contributed by atoms with Gasteiger partial charge in [0.1, 0.15) is 5.69 Å². The Morgan fingerprint density at radius 3 is 3.00 bits per heavy atom. The fourth-order valence-electron chi connectivity index (χ4n) is 2.49. The maximum Gasteiger partial charge on any atom is 0.354 e. The second kappa shape index (κ2) is 5.40. The van der Waals surface area contributed by atoms with Gasteiger partial charge in [0.05, 0.1) is 6.20 Å². The van der Waals surface area contributed by atoms with Gasteiger partial charge in [-0.15, -0.1) is 0 Å². The molecule has 2 N–H and O–H groups in total. The molecule has 19 heavy (non-hydrogen) atoms. The van der Waals surface area contributed by atoms with Gasteiger partial charge in [0.15, 0.2) is 0 Å². The minimum atomic E-state index is -1.00. The quantitative estimate of drug-likeness (QED) is 0.784. The molecule has 0 spiro atoms. The fraction of sp³-hybridized carbons (Fsp3) is 0.583. The van der Waals surface area contributed by atoms with Gasteiger partial charge in [0.25, 0.3) is 0 Å². The van der Waals surface area contributed by atoms with Crippen LogP contribution in [-0.4, -0.2) is 64.2 Å². The van der Waals surface area contributed by atoms with Crippen LogP contribution in [0.3, 0.4) is 0 Å². The Hall–Kier alpha value is -1.89. The summed E-state index contributed by atoms with van der Waals surface area (Å²) in [4.78, 5) is 26.2. The van der Waals surface area contributed by atoms with Crippen molar-refractivity contribution in [1.29, 1.82) is 0 Å². The van der Waals surface area contributed by atoms with Crippen molar-refractivity contribution in [3.8, 4) is 0 Å². The zero-order valence-corrected chi connectivity index (χ0v) is 11.1. The first-order valence-corrected chi connectivity index (χ1v) is 6.15. The predicted octanol–water partition coefficient (Wildman–Crippen LogP) is 0.0180. The number of aromatic carboxylic acids is 1. The number of aromatic amines is 1. The van der Waals surface area contributed by atoms with Gasteiger partial charge >= 0.3 is 5.97 Å². The molecular weight excluding hydrogens is 248 g/mol. The molecule has 1 saturated heterocycles. The molecule has 0 radical (unpaired) electrons. The molecule has 0 saturated carbocycles. The van der Waals surface area contributed by atoms with Crippen LogP contribution in [0.25, 0.3) is 0 Å². The van der Waals surface area contributed by atoms with Crippen LogP contribution < -0.4 is 0 Å².